The molecular formula is C18H20BrN5O2. The first-order valence-corrected chi connectivity index (χ1v) is 9.04. The van der Waals surface area contributed by atoms with Crippen LogP contribution < -0.4 is 4.74 Å². The summed E-state index contributed by atoms with van der Waals surface area (Å²) in [5.41, 5.74) is 1.18. The highest BCUT2D eigenvalue weighted by Crippen LogP contribution is 2.17. The summed E-state index contributed by atoms with van der Waals surface area (Å²) in [6.07, 6.45) is 3.63. The molecule has 0 atom stereocenters. The topological polar surface area (TPSA) is 65.2 Å². The van der Waals surface area contributed by atoms with E-state index in [2.05, 4.69) is 26.1 Å². The van der Waals surface area contributed by atoms with Crippen LogP contribution in [0.4, 0.5) is 0 Å². The third-order valence-electron chi connectivity index (χ3n) is 3.81. The highest BCUT2D eigenvalue weighted by Gasteiger charge is 2.17. The number of hydrogen-bond acceptors (Lipinski definition) is 4. The van der Waals surface area contributed by atoms with Crippen LogP contribution in [0.25, 0.3) is 0 Å². The Balaban J connectivity index is 1.60. The zero-order valence-electron chi connectivity index (χ0n) is 14.7. The summed E-state index contributed by atoms with van der Waals surface area (Å²) in [5, 5.41) is 8.74. The Morgan fingerprint density at radius 1 is 1.19 bits per heavy atom. The lowest BCUT2D eigenvalue weighted by Gasteiger charge is -2.14. The normalized spacial score (nSPS) is 10.7. The van der Waals surface area contributed by atoms with Crippen molar-refractivity contribution in [3.05, 3.63) is 64.7 Å². The van der Waals surface area contributed by atoms with E-state index >= 15 is 0 Å². The van der Waals surface area contributed by atoms with Gasteiger partial charge in [0.05, 0.1) is 16.7 Å². The van der Waals surface area contributed by atoms with E-state index in [0.717, 1.165) is 22.5 Å². The number of carbonyl (C=O) groups excluding carboxylic acids is 1. The molecule has 0 aliphatic carbocycles. The fraction of sp³-hybridized carbons (Fsp3) is 0.278. The molecule has 2 heterocycles. The molecule has 0 radical (unpaired) electrons. The van der Waals surface area contributed by atoms with Crippen LogP contribution >= 0.6 is 15.9 Å². The Bertz CT molecular complexity index is 875. The van der Waals surface area contributed by atoms with Gasteiger partial charge in [-0.15, -0.1) is 0 Å². The highest BCUT2D eigenvalue weighted by molar-refractivity contribution is 9.10. The van der Waals surface area contributed by atoms with E-state index in [1.165, 1.54) is 0 Å². The number of hydrogen-bond donors (Lipinski definition) is 0. The van der Waals surface area contributed by atoms with Gasteiger partial charge in [-0.05, 0) is 41.1 Å². The van der Waals surface area contributed by atoms with Crippen molar-refractivity contribution in [1.82, 2.24) is 24.5 Å². The van der Waals surface area contributed by atoms with Crippen molar-refractivity contribution in [3.8, 4) is 5.75 Å². The molecule has 3 aromatic rings. The van der Waals surface area contributed by atoms with Crippen molar-refractivity contribution in [2.45, 2.75) is 26.7 Å². The predicted octanol–water partition coefficient (Wildman–Crippen LogP) is 3.17. The Kier molecular flexibility index (Phi) is 5.72. The Morgan fingerprint density at radius 3 is 2.65 bits per heavy atom. The molecule has 0 spiro atoms. The second-order valence-corrected chi connectivity index (χ2v) is 6.62. The lowest BCUT2D eigenvalue weighted by molar-refractivity contribution is 0.0775. The van der Waals surface area contributed by atoms with Crippen LogP contribution in [0.15, 0.2) is 53.3 Å². The van der Waals surface area contributed by atoms with Crippen molar-refractivity contribution >= 4 is 21.8 Å². The number of aryl methyl sites for hydroxylation is 1. The molecule has 0 N–H and O–H groups in total. The van der Waals surface area contributed by atoms with Crippen molar-refractivity contribution in [2.75, 3.05) is 7.05 Å². The number of benzene rings is 1. The van der Waals surface area contributed by atoms with E-state index in [9.17, 15) is 4.79 Å². The molecule has 0 fully saturated rings. The zero-order valence-corrected chi connectivity index (χ0v) is 16.3. The molecule has 8 heteroatoms. The molecule has 2 aromatic heterocycles. The van der Waals surface area contributed by atoms with Gasteiger partial charge < -0.3 is 9.64 Å². The molecule has 0 bridgehead atoms. The van der Waals surface area contributed by atoms with Crippen molar-refractivity contribution in [2.24, 2.45) is 0 Å². The summed E-state index contributed by atoms with van der Waals surface area (Å²) in [4.78, 5) is 14.2. The van der Waals surface area contributed by atoms with Gasteiger partial charge in [0.1, 0.15) is 5.75 Å². The summed E-state index contributed by atoms with van der Waals surface area (Å²) in [6.45, 7) is 3.44. The molecule has 1 amide bonds. The number of rotatable bonds is 7. The first kappa shape index (κ1) is 18.2. The summed E-state index contributed by atoms with van der Waals surface area (Å²) < 4.78 is 9.94. The van der Waals surface area contributed by atoms with Crippen LogP contribution in [-0.2, 0) is 19.8 Å². The van der Waals surface area contributed by atoms with Gasteiger partial charge in [0.25, 0.3) is 5.91 Å². The summed E-state index contributed by atoms with van der Waals surface area (Å²) in [6, 6.07) is 11.2. The predicted molar refractivity (Wildman–Crippen MR) is 101 cm³/mol. The first-order valence-electron chi connectivity index (χ1n) is 8.25. The third kappa shape index (κ3) is 4.32. The van der Waals surface area contributed by atoms with Gasteiger partial charge in [0.15, 0.2) is 12.4 Å². The molecule has 0 saturated carbocycles. The van der Waals surface area contributed by atoms with E-state index in [0.29, 0.717) is 12.2 Å². The Hall–Kier alpha value is -2.61. The lowest BCUT2D eigenvalue weighted by Crippen LogP contribution is -2.27. The summed E-state index contributed by atoms with van der Waals surface area (Å²) in [5.74, 6) is 0.589. The van der Waals surface area contributed by atoms with Crippen LogP contribution in [0.5, 0.6) is 5.75 Å². The summed E-state index contributed by atoms with van der Waals surface area (Å²) >= 11 is 3.48. The smallest absolute Gasteiger partial charge is 0.274 e. The molecule has 0 saturated heterocycles. The number of amides is 1. The molecule has 3 rings (SSSR count). The average Bonchev–Trinajstić information content (AvgIpc) is 3.27. The minimum Gasteiger partial charge on any atom is -0.471 e. The van der Waals surface area contributed by atoms with Crippen molar-refractivity contribution in [1.29, 1.82) is 0 Å². The molecule has 1 aromatic carbocycles. The van der Waals surface area contributed by atoms with E-state index in [4.69, 9.17) is 4.74 Å². The second kappa shape index (κ2) is 8.18. The molecule has 0 aliphatic rings. The molecule has 136 valence electrons. The third-order valence-corrected chi connectivity index (χ3v) is 4.47. The van der Waals surface area contributed by atoms with E-state index in [1.54, 1.807) is 28.9 Å². The van der Waals surface area contributed by atoms with Gasteiger partial charge in [-0.1, -0.05) is 18.2 Å². The Labute approximate surface area is 160 Å². The minimum atomic E-state index is -0.165. The largest absolute Gasteiger partial charge is 0.471 e. The average molecular weight is 418 g/mol. The van der Waals surface area contributed by atoms with Gasteiger partial charge in [-0.3, -0.25) is 9.48 Å². The molecule has 0 unspecified atom stereocenters. The van der Waals surface area contributed by atoms with Gasteiger partial charge in [-0.2, -0.15) is 10.2 Å². The number of aromatic nitrogens is 4. The molecule has 26 heavy (non-hydrogen) atoms. The fourth-order valence-corrected chi connectivity index (χ4v) is 2.84. The second-order valence-electron chi connectivity index (χ2n) is 5.77. The monoisotopic (exact) mass is 417 g/mol. The van der Waals surface area contributed by atoms with E-state index in [1.807, 2.05) is 48.1 Å². The first-order chi connectivity index (χ1) is 12.6. The van der Waals surface area contributed by atoms with Gasteiger partial charge in [-0.25, -0.2) is 4.68 Å². The van der Waals surface area contributed by atoms with Gasteiger partial charge in [0.2, 0.25) is 0 Å². The van der Waals surface area contributed by atoms with Crippen LogP contribution in [0.3, 0.4) is 0 Å². The standard InChI is InChI=1S/C18H20BrN5O2/c1-3-23-11-15(19)17(21-23)12-22(2)18(25)16-9-10-24(20-16)13-26-14-7-5-4-6-8-14/h4-11H,3,12-13H2,1-2H3. The van der Waals surface area contributed by atoms with Crippen LogP contribution in [0, 0.1) is 0 Å². The zero-order chi connectivity index (χ0) is 18.5. The number of nitrogens with zero attached hydrogens (tertiary/aromatic N) is 5. The van der Waals surface area contributed by atoms with Gasteiger partial charge >= 0.3 is 0 Å². The van der Waals surface area contributed by atoms with Crippen molar-refractivity contribution in [3.63, 3.8) is 0 Å². The number of para-hydroxylation sites is 1. The maximum absolute atomic E-state index is 12.6. The van der Waals surface area contributed by atoms with Gasteiger partial charge in [0, 0.05) is 26.0 Å². The SMILES string of the molecule is CCn1cc(Br)c(CN(C)C(=O)c2ccn(COc3ccccc3)n2)n1. The summed E-state index contributed by atoms with van der Waals surface area (Å²) in [7, 11) is 1.74. The molecule has 0 aliphatic heterocycles. The van der Waals surface area contributed by atoms with Crippen LogP contribution in [-0.4, -0.2) is 37.4 Å². The minimum absolute atomic E-state index is 0.165. The van der Waals surface area contributed by atoms with Crippen molar-refractivity contribution < 1.29 is 9.53 Å². The van der Waals surface area contributed by atoms with Crippen LogP contribution in [0.2, 0.25) is 0 Å². The van der Waals surface area contributed by atoms with E-state index < -0.39 is 0 Å². The fourth-order valence-electron chi connectivity index (χ4n) is 2.40. The molecule has 7 nitrogen and oxygen atoms in total. The van der Waals surface area contributed by atoms with E-state index in [-0.39, 0.29) is 12.6 Å². The number of ether oxygens (including phenoxy) is 1. The highest BCUT2D eigenvalue weighted by atomic mass is 79.9. The van der Waals surface area contributed by atoms with Crippen LogP contribution in [0.1, 0.15) is 23.1 Å². The molecular weight excluding hydrogens is 398 g/mol. The number of halogens is 1. The maximum atomic E-state index is 12.6. The Morgan fingerprint density at radius 2 is 1.96 bits per heavy atom. The quantitative estimate of drug-likeness (QED) is 0.591. The number of carbonyl (C=O) groups is 1. The lowest BCUT2D eigenvalue weighted by atomic mass is 10.3. The maximum Gasteiger partial charge on any atom is 0.274 e.